The van der Waals surface area contributed by atoms with Gasteiger partial charge in [-0.15, -0.1) is 0 Å². The van der Waals surface area contributed by atoms with Gasteiger partial charge >= 0.3 is 0 Å². The summed E-state index contributed by atoms with van der Waals surface area (Å²) < 4.78 is 13.2. The van der Waals surface area contributed by atoms with Crippen LogP contribution in [-0.2, 0) is 11.8 Å². The third kappa shape index (κ3) is 2.43. The van der Waals surface area contributed by atoms with Crippen LogP contribution in [-0.4, -0.2) is 0 Å². The van der Waals surface area contributed by atoms with Crippen molar-refractivity contribution in [3.8, 4) is 0 Å². The zero-order valence-corrected chi connectivity index (χ0v) is 12.2. The van der Waals surface area contributed by atoms with Crippen LogP contribution >= 0.6 is 0 Å². The molecular weight excluding hydrogens is 249 g/mol. The summed E-state index contributed by atoms with van der Waals surface area (Å²) in [5, 5.41) is 3.41. The number of hydrogen-bond donors (Lipinski definition) is 1. The average molecular weight is 269 g/mol. The van der Waals surface area contributed by atoms with Crippen molar-refractivity contribution in [3.05, 3.63) is 65.0 Å². The minimum absolute atomic E-state index is 0.174. The van der Waals surface area contributed by atoms with E-state index in [0.29, 0.717) is 0 Å². The molecule has 2 heteroatoms. The zero-order valence-electron chi connectivity index (χ0n) is 12.2. The molecule has 0 spiro atoms. The predicted molar refractivity (Wildman–Crippen MR) is 81.6 cm³/mol. The SMILES string of the molecule is CC(C)(C)c1ccc(C2Cc3ccc(F)cc3N2)cc1. The van der Waals surface area contributed by atoms with Gasteiger partial charge in [0.2, 0.25) is 0 Å². The van der Waals surface area contributed by atoms with Crippen molar-refractivity contribution >= 4 is 5.69 Å². The Morgan fingerprint density at radius 2 is 1.75 bits per heavy atom. The van der Waals surface area contributed by atoms with Crippen molar-refractivity contribution in [1.82, 2.24) is 0 Å². The maximum Gasteiger partial charge on any atom is 0.125 e. The molecule has 1 nitrogen and oxygen atoms in total. The molecule has 0 saturated carbocycles. The summed E-state index contributed by atoms with van der Waals surface area (Å²) in [6.07, 6.45) is 0.921. The fourth-order valence-corrected chi connectivity index (χ4v) is 2.74. The van der Waals surface area contributed by atoms with Gasteiger partial charge in [-0.3, -0.25) is 0 Å². The molecule has 1 unspecified atom stereocenters. The number of anilines is 1. The summed E-state index contributed by atoms with van der Waals surface area (Å²) in [6, 6.07) is 14.0. The van der Waals surface area contributed by atoms with Crippen LogP contribution in [0, 0.1) is 5.82 Å². The third-order valence-electron chi connectivity index (χ3n) is 4.00. The van der Waals surface area contributed by atoms with Crippen LogP contribution in [0.25, 0.3) is 0 Å². The fraction of sp³-hybridized carbons (Fsp3) is 0.333. The molecule has 1 atom stereocenters. The molecule has 0 bridgehead atoms. The number of benzene rings is 2. The Balaban J connectivity index is 1.83. The minimum Gasteiger partial charge on any atom is -0.378 e. The van der Waals surface area contributed by atoms with Gasteiger partial charge in [-0.1, -0.05) is 51.1 Å². The zero-order chi connectivity index (χ0) is 14.3. The van der Waals surface area contributed by atoms with Crippen molar-refractivity contribution in [3.63, 3.8) is 0 Å². The molecule has 0 aromatic heterocycles. The first-order valence-electron chi connectivity index (χ1n) is 7.09. The normalized spacial score (nSPS) is 17.7. The maximum absolute atomic E-state index is 13.2. The molecule has 2 aromatic rings. The molecule has 2 aromatic carbocycles. The van der Waals surface area contributed by atoms with Crippen molar-refractivity contribution < 1.29 is 4.39 Å². The number of hydrogen-bond acceptors (Lipinski definition) is 1. The minimum atomic E-state index is -0.181. The predicted octanol–water partition coefficient (Wildman–Crippen LogP) is 4.83. The van der Waals surface area contributed by atoms with Gasteiger partial charge < -0.3 is 5.32 Å². The summed E-state index contributed by atoms with van der Waals surface area (Å²) >= 11 is 0. The van der Waals surface area contributed by atoms with Gasteiger partial charge in [0.15, 0.2) is 0 Å². The number of halogens is 1. The van der Waals surface area contributed by atoms with Gasteiger partial charge in [0.25, 0.3) is 0 Å². The second-order valence-electron chi connectivity index (χ2n) is 6.57. The molecule has 1 aliphatic rings. The Bertz CT molecular complexity index is 623. The molecule has 0 saturated heterocycles. The highest BCUT2D eigenvalue weighted by atomic mass is 19.1. The summed E-state index contributed by atoms with van der Waals surface area (Å²) in [7, 11) is 0. The standard InChI is InChI=1S/C18H20FN/c1-18(2,3)14-7-4-12(5-8-14)16-10-13-6-9-15(19)11-17(13)20-16/h4-9,11,16,20H,10H2,1-3H3. The van der Waals surface area contributed by atoms with Crippen LogP contribution in [0.3, 0.4) is 0 Å². The third-order valence-corrected chi connectivity index (χ3v) is 4.00. The fourth-order valence-electron chi connectivity index (χ4n) is 2.74. The molecular formula is C18H20FN. The van der Waals surface area contributed by atoms with Gasteiger partial charge in [-0.25, -0.2) is 4.39 Å². The molecule has 20 heavy (non-hydrogen) atoms. The Labute approximate surface area is 119 Å². The van der Waals surface area contributed by atoms with E-state index in [2.05, 4.69) is 50.4 Å². The first-order chi connectivity index (χ1) is 9.43. The average Bonchev–Trinajstić information content (AvgIpc) is 2.80. The van der Waals surface area contributed by atoms with Crippen LogP contribution in [0.2, 0.25) is 0 Å². The molecule has 3 rings (SSSR count). The Kier molecular flexibility index (Phi) is 3.04. The molecule has 104 valence electrons. The number of fused-ring (bicyclic) bond motifs is 1. The van der Waals surface area contributed by atoms with E-state index >= 15 is 0 Å². The van der Waals surface area contributed by atoms with E-state index in [1.165, 1.54) is 22.8 Å². The molecule has 1 heterocycles. The van der Waals surface area contributed by atoms with E-state index in [9.17, 15) is 4.39 Å². The van der Waals surface area contributed by atoms with E-state index < -0.39 is 0 Å². The highest BCUT2D eigenvalue weighted by Crippen LogP contribution is 2.35. The molecule has 0 fully saturated rings. The quantitative estimate of drug-likeness (QED) is 0.781. The van der Waals surface area contributed by atoms with E-state index in [-0.39, 0.29) is 17.3 Å². The first-order valence-corrected chi connectivity index (χ1v) is 7.09. The molecule has 0 aliphatic carbocycles. The number of rotatable bonds is 1. The lowest BCUT2D eigenvalue weighted by Crippen LogP contribution is -2.12. The second kappa shape index (κ2) is 4.62. The summed E-state index contributed by atoms with van der Waals surface area (Å²) in [5.41, 5.74) is 4.89. The lowest BCUT2D eigenvalue weighted by molar-refractivity contribution is 0.589. The molecule has 0 amide bonds. The van der Waals surface area contributed by atoms with Gasteiger partial charge in [-0.2, -0.15) is 0 Å². The largest absolute Gasteiger partial charge is 0.378 e. The Morgan fingerprint density at radius 3 is 2.40 bits per heavy atom. The van der Waals surface area contributed by atoms with Crippen LogP contribution in [0.5, 0.6) is 0 Å². The van der Waals surface area contributed by atoms with Gasteiger partial charge in [0.05, 0.1) is 6.04 Å². The summed E-state index contributed by atoms with van der Waals surface area (Å²) in [5.74, 6) is -0.181. The summed E-state index contributed by atoms with van der Waals surface area (Å²) in [6.45, 7) is 6.65. The monoisotopic (exact) mass is 269 g/mol. The molecule has 1 aliphatic heterocycles. The molecule has 0 radical (unpaired) electrons. The van der Waals surface area contributed by atoms with Gasteiger partial charge in [0, 0.05) is 5.69 Å². The van der Waals surface area contributed by atoms with E-state index in [0.717, 1.165) is 12.1 Å². The lowest BCUT2D eigenvalue weighted by Gasteiger charge is -2.20. The van der Waals surface area contributed by atoms with Gasteiger partial charge in [0.1, 0.15) is 5.82 Å². The van der Waals surface area contributed by atoms with Crippen molar-refractivity contribution in [2.75, 3.05) is 5.32 Å². The van der Waals surface area contributed by atoms with Crippen LogP contribution in [0.4, 0.5) is 10.1 Å². The highest BCUT2D eigenvalue weighted by Gasteiger charge is 2.22. The molecule has 1 N–H and O–H groups in total. The van der Waals surface area contributed by atoms with E-state index in [4.69, 9.17) is 0 Å². The van der Waals surface area contributed by atoms with E-state index in [1.807, 2.05) is 6.07 Å². The van der Waals surface area contributed by atoms with Crippen LogP contribution < -0.4 is 5.32 Å². The van der Waals surface area contributed by atoms with Crippen LogP contribution in [0.1, 0.15) is 43.5 Å². The number of nitrogens with one attached hydrogen (secondary N) is 1. The van der Waals surface area contributed by atoms with E-state index in [1.54, 1.807) is 6.07 Å². The van der Waals surface area contributed by atoms with Crippen molar-refractivity contribution in [2.45, 2.75) is 38.6 Å². The van der Waals surface area contributed by atoms with Gasteiger partial charge in [-0.05, 0) is 40.7 Å². The lowest BCUT2D eigenvalue weighted by atomic mass is 9.86. The van der Waals surface area contributed by atoms with Crippen molar-refractivity contribution in [1.29, 1.82) is 0 Å². The first kappa shape index (κ1) is 13.2. The maximum atomic E-state index is 13.2. The topological polar surface area (TPSA) is 12.0 Å². The smallest absolute Gasteiger partial charge is 0.125 e. The highest BCUT2D eigenvalue weighted by molar-refractivity contribution is 5.58. The summed E-state index contributed by atoms with van der Waals surface area (Å²) in [4.78, 5) is 0. The Morgan fingerprint density at radius 1 is 1.05 bits per heavy atom. The van der Waals surface area contributed by atoms with Crippen molar-refractivity contribution in [2.24, 2.45) is 0 Å². The second-order valence-corrected chi connectivity index (χ2v) is 6.57. The Hall–Kier alpha value is -1.83. The van der Waals surface area contributed by atoms with Crippen LogP contribution in [0.15, 0.2) is 42.5 Å².